The number of thiocarbonyl (C=S) groups is 1. The van der Waals surface area contributed by atoms with Crippen molar-refractivity contribution >= 4 is 56.7 Å². The van der Waals surface area contributed by atoms with Gasteiger partial charge in [-0.25, -0.2) is 5.01 Å². The van der Waals surface area contributed by atoms with Gasteiger partial charge < -0.3 is 10.1 Å². The molecular weight excluding hydrogens is 544 g/mol. The van der Waals surface area contributed by atoms with Gasteiger partial charge in [0.25, 0.3) is 11.8 Å². The third kappa shape index (κ3) is 5.89. The molecule has 0 bridgehead atoms. The molecule has 36 heavy (non-hydrogen) atoms. The molecule has 1 fully saturated rings. The number of anilines is 1. The first-order chi connectivity index (χ1) is 17.4. The lowest BCUT2D eigenvalue weighted by Gasteiger charge is -2.24. The van der Waals surface area contributed by atoms with Crippen molar-refractivity contribution in [3.05, 3.63) is 94.5 Å². The van der Waals surface area contributed by atoms with Crippen LogP contribution in [0.1, 0.15) is 22.3 Å². The summed E-state index contributed by atoms with van der Waals surface area (Å²) in [4.78, 5) is 40.6. The van der Waals surface area contributed by atoms with E-state index in [2.05, 4.69) is 26.7 Å². The second-order valence-corrected chi connectivity index (χ2v) is 9.29. The lowest BCUT2D eigenvalue weighted by atomic mass is 10.1. The summed E-state index contributed by atoms with van der Waals surface area (Å²) in [5.74, 6) is -0.557. The summed E-state index contributed by atoms with van der Waals surface area (Å²) in [6.45, 7) is 0.222. The number of ether oxygens (including phenoxy) is 1. The first-order valence-electron chi connectivity index (χ1n) is 11.0. The molecule has 0 radical (unpaired) electrons. The van der Waals surface area contributed by atoms with Gasteiger partial charge in [-0.2, -0.15) is 0 Å². The maximum atomic E-state index is 13.4. The molecule has 3 amide bonds. The number of nitrogens with zero attached hydrogens (tertiary/aromatic N) is 2. The van der Waals surface area contributed by atoms with E-state index in [9.17, 15) is 14.4 Å². The van der Waals surface area contributed by atoms with Gasteiger partial charge in [-0.3, -0.25) is 24.7 Å². The summed E-state index contributed by atoms with van der Waals surface area (Å²) in [5, 5.41) is 4.20. The number of nitrogens with one attached hydrogen (secondary N) is 2. The number of hydrogen-bond acceptors (Lipinski definition) is 5. The van der Waals surface area contributed by atoms with Crippen molar-refractivity contribution in [1.29, 1.82) is 0 Å². The highest BCUT2D eigenvalue weighted by atomic mass is 79.9. The Bertz CT molecular complexity index is 1270. The van der Waals surface area contributed by atoms with Crippen LogP contribution in [-0.4, -0.2) is 45.9 Å². The number of benzene rings is 3. The fraction of sp³-hybridized carbons (Fsp3) is 0.154. The van der Waals surface area contributed by atoms with Crippen molar-refractivity contribution < 1.29 is 19.1 Å². The minimum atomic E-state index is -1.00. The molecule has 3 aromatic carbocycles. The Balaban J connectivity index is 1.54. The number of hydrazine groups is 1. The van der Waals surface area contributed by atoms with E-state index in [1.807, 2.05) is 30.3 Å². The quantitative estimate of drug-likeness (QED) is 0.398. The van der Waals surface area contributed by atoms with E-state index in [0.717, 1.165) is 10.0 Å². The maximum Gasteiger partial charge on any atom is 0.269 e. The smallest absolute Gasteiger partial charge is 0.269 e. The summed E-state index contributed by atoms with van der Waals surface area (Å²) < 4.78 is 5.96. The molecule has 1 atom stereocenters. The molecule has 10 heteroatoms. The van der Waals surface area contributed by atoms with Crippen LogP contribution in [0.15, 0.2) is 83.3 Å². The van der Waals surface area contributed by atoms with Gasteiger partial charge >= 0.3 is 0 Å². The molecule has 0 spiro atoms. The number of amides is 3. The molecule has 1 heterocycles. The van der Waals surface area contributed by atoms with Crippen LogP contribution in [0.5, 0.6) is 5.75 Å². The Morgan fingerprint density at radius 1 is 1.00 bits per heavy atom. The number of carbonyl (C=O) groups is 3. The Morgan fingerprint density at radius 3 is 2.31 bits per heavy atom. The second-order valence-electron chi connectivity index (χ2n) is 8.01. The molecule has 184 valence electrons. The monoisotopic (exact) mass is 566 g/mol. The summed E-state index contributed by atoms with van der Waals surface area (Å²) in [6, 6.07) is 22.0. The number of rotatable bonds is 8. The van der Waals surface area contributed by atoms with E-state index in [-0.39, 0.29) is 24.0 Å². The Hall–Kier alpha value is -3.76. The van der Waals surface area contributed by atoms with E-state index in [0.29, 0.717) is 17.0 Å². The average Bonchev–Trinajstić information content (AvgIpc) is 3.09. The van der Waals surface area contributed by atoms with Gasteiger partial charge in [0.15, 0.2) is 5.11 Å². The van der Waals surface area contributed by atoms with Gasteiger partial charge in [0.1, 0.15) is 11.8 Å². The van der Waals surface area contributed by atoms with Gasteiger partial charge in [0.2, 0.25) is 5.91 Å². The molecule has 8 nitrogen and oxygen atoms in total. The lowest BCUT2D eigenvalue weighted by Crippen LogP contribution is -2.49. The van der Waals surface area contributed by atoms with Gasteiger partial charge in [-0.15, -0.1) is 0 Å². The fourth-order valence-corrected chi connectivity index (χ4v) is 4.29. The number of methoxy groups -OCH3 is 1. The SMILES string of the molecule is COc1ccc(NC(=O)CC2C(=O)N(Cc3ccccc3)C(=S)N2NC(=O)c2ccc(Br)cc2)cc1. The molecule has 1 aliphatic heterocycles. The van der Waals surface area contributed by atoms with Crippen LogP contribution in [0, 0.1) is 0 Å². The predicted octanol–water partition coefficient (Wildman–Crippen LogP) is 4.13. The predicted molar refractivity (Wildman–Crippen MR) is 143 cm³/mol. The van der Waals surface area contributed by atoms with E-state index in [4.69, 9.17) is 17.0 Å². The fourth-order valence-electron chi connectivity index (χ4n) is 3.70. The van der Waals surface area contributed by atoms with Crippen molar-refractivity contribution in [3.63, 3.8) is 0 Å². The highest BCUT2D eigenvalue weighted by Gasteiger charge is 2.44. The van der Waals surface area contributed by atoms with Crippen LogP contribution in [0.2, 0.25) is 0 Å². The number of hydrogen-bond donors (Lipinski definition) is 2. The van der Waals surface area contributed by atoms with E-state index in [1.54, 1.807) is 55.6 Å². The van der Waals surface area contributed by atoms with E-state index in [1.165, 1.54) is 9.91 Å². The number of carbonyl (C=O) groups excluding carboxylic acids is 3. The summed E-state index contributed by atoms with van der Waals surface area (Å²) >= 11 is 8.92. The summed E-state index contributed by atoms with van der Waals surface area (Å²) in [7, 11) is 1.56. The Kier molecular flexibility index (Phi) is 7.97. The van der Waals surface area contributed by atoms with Gasteiger partial charge in [0.05, 0.1) is 20.1 Å². The Morgan fingerprint density at radius 2 is 1.67 bits per heavy atom. The molecule has 0 aromatic heterocycles. The zero-order chi connectivity index (χ0) is 25.7. The van der Waals surface area contributed by atoms with Gasteiger partial charge in [-0.1, -0.05) is 46.3 Å². The van der Waals surface area contributed by atoms with Crippen molar-refractivity contribution in [2.24, 2.45) is 0 Å². The van der Waals surface area contributed by atoms with Crippen LogP contribution in [0.25, 0.3) is 0 Å². The molecule has 3 aromatic rings. The minimum Gasteiger partial charge on any atom is -0.497 e. The highest BCUT2D eigenvalue weighted by Crippen LogP contribution is 2.23. The zero-order valence-electron chi connectivity index (χ0n) is 19.3. The third-order valence-electron chi connectivity index (χ3n) is 5.56. The molecule has 4 rings (SSSR count). The summed E-state index contributed by atoms with van der Waals surface area (Å²) in [5.41, 5.74) is 4.54. The van der Waals surface area contributed by atoms with E-state index < -0.39 is 17.9 Å². The van der Waals surface area contributed by atoms with Crippen molar-refractivity contribution in [1.82, 2.24) is 15.3 Å². The molecule has 2 N–H and O–H groups in total. The lowest BCUT2D eigenvalue weighted by molar-refractivity contribution is -0.131. The van der Waals surface area contributed by atoms with Gasteiger partial charge in [0, 0.05) is 15.7 Å². The maximum absolute atomic E-state index is 13.4. The average molecular weight is 567 g/mol. The first kappa shape index (κ1) is 25.3. The molecule has 1 saturated heterocycles. The number of halogens is 1. The third-order valence-corrected chi connectivity index (χ3v) is 6.51. The van der Waals surface area contributed by atoms with Crippen molar-refractivity contribution in [2.45, 2.75) is 19.0 Å². The largest absolute Gasteiger partial charge is 0.497 e. The highest BCUT2D eigenvalue weighted by molar-refractivity contribution is 9.10. The zero-order valence-corrected chi connectivity index (χ0v) is 21.7. The van der Waals surface area contributed by atoms with Crippen LogP contribution in [-0.2, 0) is 16.1 Å². The van der Waals surface area contributed by atoms with Crippen LogP contribution >= 0.6 is 28.1 Å². The molecule has 1 unspecified atom stereocenters. The second kappa shape index (κ2) is 11.3. The molecular formula is C26H23BrN4O4S. The van der Waals surface area contributed by atoms with E-state index >= 15 is 0 Å². The topological polar surface area (TPSA) is 91.0 Å². The van der Waals surface area contributed by atoms with Crippen LogP contribution in [0.4, 0.5) is 5.69 Å². The molecule has 1 aliphatic rings. The standard InChI is InChI=1S/C26H23BrN4O4S/c1-35-21-13-11-20(12-14-21)28-23(32)15-22-25(34)30(16-17-5-3-2-4-6-17)26(36)31(22)29-24(33)18-7-9-19(27)10-8-18/h2-14,22H,15-16H2,1H3,(H,28,32)(H,29,33). The van der Waals surface area contributed by atoms with Crippen LogP contribution in [0.3, 0.4) is 0 Å². The van der Waals surface area contributed by atoms with Crippen molar-refractivity contribution in [3.8, 4) is 5.75 Å². The van der Waals surface area contributed by atoms with Crippen LogP contribution < -0.4 is 15.5 Å². The Labute approximate surface area is 222 Å². The summed E-state index contributed by atoms with van der Waals surface area (Å²) in [6.07, 6.45) is -0.211. The normalized spacial score (nSPS) is 15.1. The minimum absolute atomic E-state index is 0.122. The molecule has 0 aliphatic carbocycles. The van der Waals surface area contributed by atoms with Gasteiger partial charge in [-0.05, 0) is 66.3 Å². The first-order valence-corrected chi connectivity index (χ1v) is 12.2. The van der Waals surface area contributed by atoms with Crippen molar-refractivity contribution in [2.75, 3.05) is 12.4 Å². The molecule has 0 saturated carbocycles.